The second-order valence-electron chi connectivity index (χ2n) is 7.33. The van der Waals surface area contributed by atoms with Crippen molar-refractivity contribution in [3.05, 3.63) is 0 Å². The maximum absolute atomic E-state index is 12.3. The first-order valence-electron chi connectivity index (χ1n) is 8.18. The molecule has 1 aliphatic carbocycles. The lowest BCUT2D eigenvalue weighted by Gasteiger charge is -2.39. The molecular weight excluding hydrogens is 268 g/mol. The van der Waals surface area contributed by atoms with Gasteiger partial charge in [-0.05, 0) is 47.0 Å². The summed E-state index contributed by atoms with van der Waals surface area (Å²) in [5, 5.41) is 3.64. The van der Waals surface area contributed by atoms with E-state index in [1.165, 1.54) is 19.3 Å². The van der Waals surface area contributed by atoms with Crippen LogP contribution in [0.4, 0.5) is 4.79 Å². The first-order chi connectivity index (χ1) is 9.85. The van der Waals surface area contributed by atoms with Gasteiger partial charge in [0.2, 0.25) is 0 Å². The van der Waals surface area contributed by atoms with Crippen LogP contribution >= 0.6 is 0 Å². The summed E-state index contributed by atoms with van der Waals surface area (Å²) in [6, 6.07) is 1.17. The molecule has 0 aromatic carbocycles. The summed E-state index contributed by atoms with van der Waals surface area (Å²) in [4.78, 5) is 14.2. The van der Waals surface area contributed by atoms with Gasteiger partial charge in [0.1, 0.15) is 5.60 Å². The number of hydrogen-bond donors (Lipinski definition) is 1. The van der Waals surface area contributed by atoms with E-state index in [4.69, 9.17) is 9.47 Å². The second kappa shape index (κ2) is 6.97. The lowest BCUT2D eigenvalue weighted by molar-refractivity contribution is -0.0359. The van der Waals surface area contributed by atoms with E-state index in [0.29, 0.717) is 31.8 Å². The molecule has 2 aliphatic rings. The van der Waals surface area contributed by atoms with Crippen molar-refractivity contribution in [2.24, 2.45) is 0 Å². The Kier molecular flexibility index (Phi) is 5.49. The van der Waals surface area contributed by atoms with Crippen LogP contribution in [-0.2, 0) is 9.47 Å². The van der Waals surface area contributed by atoms with E-state index < -0.39 is 5.60 Å². The summed E-state index contributed by atoms with van der Waals surface area (Å²) in [5.41, 5.74) is -0.449. The van der Waals surface area contributed by atoms with Crippen molar-refractivity contribution in [3.63, 3.8) is 0 Å². The molecule has 1 saturated carbocycles. The SMILES string of the molecule is CC(CC1COCCN1C(=O)OC(C)(C)C)NC1CCC1. The molecule has 2 atom stereocenters. The van der Waals surface area contributed by atoms with Gasteiger partial charge in [-0.1, -0.05) is 6.42 Å². The Morgan fingerprint density at radius 2 is 2.14 bits per heavy atom. The number of hydrogen-bond acceptors (Lipinski definition) is 4. The smallest absolute Gasteiger partial charge is 0.410 e. The Labute approximate surface area is 128 Å². The number of rotatable bonds is 4. The molecule has 21 heavy (non-hydrogen) atoms. The van der Waals surface area contributed by atoms with Crippen molar-refractivity contribution < 1.29 is 14.3 Å². The minimum absolute atomic E-state index is 0.108. The van der Waals surface area contributed by atoms with Crippen molar-refractivity contribution in [2.45, 2.75) is 77.1 Å². The lowest BCUT2D eigenvalue weighted by atomic mass is 9.92. The zero-order valence-electron chi connectivity index (χ0n) is 13.9. The Morgan fingerprint density at radius 3 is 2.71 bits per heavy atom. The summed E-state index contributed by atoms with van der Waals surface area (Å²) in [6.07, 6.45) is 4.59. The van der Waals surface area contributed by atoms with E-state index in [0.717, 1.165) is 6.42 Å². The average Bonchev–Trinajstić information content (AvgIpc) is 2.32. The van der Waals surface area contributed by atoms with Crippen molar-refractivity contribution in [2.75, 3.05) is 19.8 Å². The Hall–Kier alpha value is -0.810. The van der Waals surface area contributed by atoms with Crippen molar-refractivity contribution >= 4 is 6.09 Å². The molecule has 5 heteroatoms. The number of carbonyl (C=O) groups is 1. The van der Waals surface area contributed by atoms with Gasteiger partial charge < -0.3 is 19.7 Å². The van der Waals surface area contributed by atoms with E-state index in [-0.39, 0.29) is 12.1 Å². The minimum atomic E-state index is -0.449. The fourth-order valence-corrected chi connectivity index (χ4v) is 2.86. The van der Waals surface area contributed by atoms with Gasteiger partial charge in [0.05, 0.1) is 19.3 Å². The van der Waals surface area contributed by atoms with E-state index >= 15 is 0 Å². The quantitative estimate of drug-likeness (QED) is 0.866. The monoisotopic (exact) mass is 298 g/mol. The fourth-order valence-electron chi connectivity index (χ4n) is 2.86. The lowest BCUT2D eigenvalue weighted by Crippen LogP contribution is -2.53. The first-order valence-corrected chi connectivity index (χ1v) is 8.18. The highest BCUT2D eigenvalue weighted by Crippen LogP contribution is 2.21. The topological polar surface area (TPSA) is 50.8 Å². The van der Waals surface area contributed by atoms with Crippen LogP contribution in [0.25, 0.3) is 0 Å². The zero-order valence-corrected chi connectivity index (χ0v) is 13.9. The van der Waals surface area contributed by atoms with Gasteiger partial charge in [-0.2, -0.15) is 0 Å². The highest BCUT2D eigenvalue weighted by atomic mass is 16.6. The highest BCUT2D eigenvalue weighted by Gasteiger charge is 2.32. The molecule has 5 nitrogen and oxygen atoms in total. The van der Waals surface area contributed by atoms with Crippen LogP contribution in [-0.4, -0.2) is 54.5 Å². The summed E-state index contributed by atoms with van der Waals surface area (Å²) >= 11 is 0. The van der Waals surface area contributed by atoms with Crippen molar-refractivity contribution in [1.82, 2.24) is 10.2 Å². The third kappa shape index (κ3) is 5.15. The minimum Gasteiger partial charge on any atom is -0.444 e. The molecule has 0 aromatic rings. The standard InChI is InChI=1S/C16H30N2O3/c1-12(17-13-6-5-7-13)10-14-11-20-9-8-18(14)15(19)21-16(2,3)4/h12-14,17H,5-11H2,1-4H3. The molecule has 2 rings (SSSR count). The van der Waals surface area contributed by atoms with Crippen molar-refractivity contribution in [1.29, 1.82) is 0 Å². The third-order valence-corrected chi connectivity index (χ3v) is 4.11. The summed E-state index contributed by atoms with van der Waals surface area (Å²) in [6.45, 7) is 9.73. The predicted octanol–water partition coefficient (Wildman–Crippen LogP) is 2.54. The number of nitrogens with zero attached hydrogens (tertiary/aromatic N) is 1. The van der Waals surface area contributed by atoms with Crippen LogP contribution in [0.15, 0.2) is 0 Å². The molecule has 0 radical (unpaired) electrons. The summed E-state index contributed by atoms with van der Waals surface area (Å²) < 4.78 is 11.1. The number of nitrogens with one attached hydrogen (secondary N) is 1. The molecule has 1 saturated heterocycles. The van der Waals surface area contributed by atoms with Crippen LogP contribution in [0.2, 0.25) is 0 Å². The number of morpholine rings is 1. The van der Waals surface area contributed by atoms with Gasteiger partial charge in [0.25, 0.3) is 0 Å². The average molecular weight is 298 g/mol. The fraction of sp³-hybridized carbons (Fsp3) is 0.938. The molecule has 1 heterocycles. The molecule has 0 aromatic heterocycles. The maximum atomic E-state index is 12.3. The second-order valence-corrected chi connectivity index (χ2v) is 7.33. The van der Waals surface area contributed by atoms with Gasteiger partial charge in [0, 0.05) is 18.6 Å². The largest absolute Gasteiger partial charge is 0.444 e. The molecule has 2 unspecified atom stereocenters. The molecule has 1 N–H and O–H groups in total. The third-order valence-electron chi connectivity index (χ3n) is 4.11. The van der Waals surface area contributed by atoms with Crippen molar-refractivity contribution in [3.8, 4) is 0 Å². The van der Waals surface area contributed by atoms with Crippen LogP contribution in [0.5, 0.6) is 0 Å². The first kappa shape index (κ1) is 16.6. The van der Waals surface area contributed by atoms with Gasteiger partial charge in [-0.15, -0.1) is 0 Å². The maximum Gasteiger partial charge on any atom is 0.410 e. The molecule has 2 fully saturated rings. The number of carbonyl (C=O) groups excluding carboxylic acids is 1. The van der Waals surface area contributed by atoms with Gasteiger partial charge in [-0.25, -0.2) is 4.79 Å². The molecule has 0 bridgehead atoms. The molecule has 1 amide bonds. The Morgan fingerprint density at radius 1 is 1.43 bits per heavy atom. The molecule has 1 aliphatic heterocycles. The predicted molar refractivity (Wildman–Crippen MR) is 82.4 cm³/mol. The Bertz CT molecular complexity index is 350. The normalized spacial score (nSPS) is 25.3. The zero-order chi connectivity index (χ0) is 15.5. The Balaban J connectivity index is 1.86. The van der Waals surface area contributed by atoms with Crippen LogP contribution < -0.4 is 5.32 Å². The van der Waals surface area contributed by atoms with E-state index in [1.54, 1.807) is 0 Å². The van der Waals surface area contributed by atoms with Gasteiger partial charge >= 0.3 is 6.09 Å². The molecular formula is C16H30N2O3. The summed E-state index contributed by atoms with van der Waals surface area (Å²) in [7, 11) is 0. The van der Waals surface area contributed by atoms with Gasteiger partial charge in [0.15, 0.2) is 0 Å². The molecule has 0 spiro atoms. The van der Waals surface area contributed by atoms with E-state index in [9.17, 15) is 4.79 Å². The number of ether oxygens (including phenoxy) is 2. The van der Waals surface area contributed by atoms with Crippen LogP contribution in [0.1, 0.15) is 53.4 Å². The van der Waals surface area contributed by atoms with E-state index in [2.05, 4.69) is 12.2 Å². The van der Waals surface area contributed by atoms with E-state index in [1.807, 2.05) is 25.7 Å². The van der Waals surface area contributed by atoms with Gasteiger partial charge in [-0.3, -0.25) is 0 Å². The highest BCUT2D eigenvalue weighted by molar-refractivity contribution is 5.68. The summed E-state index contributed by atoms with van der Waals surface area (Å²) in [5.74, 6) is 0. The van der Waals surface area contributed by atoms with Crippen LogP contribution in [0, 0.1) is 0 Å². The molecule has 122 valence electrons. The number of amides is 1. The van der Waals surface area contributed by atoms with Crippen LogP contribution in [0.3, 0.4) is 0 Å².